The van der Waals surface area contributed by atoms with E-state index in [1.165, 1.54) is 0 Å². The molecule has 0 radical (unpaired) electrons. The van der Waals surface area contributed by atoms with Gasteiger partial charge in [0.1, 0.15) is 13.2 Å². The molecule has 23 heavy (non-hydrogen) atoms. The number of unbranched alkanes of at least 4 members (excludes halogenated alkanes) is 1. The van der Waals surface area contributed by atoms with Crippen LogP contribution in [0.1, 0.15) is 39.5 Å². The van der Waals surface area contributed by atoms with E-state index in [1.54, 1.807) is 0 Å². The van der Waals surface area contributed by atoms with E-state index >= 15 is 0 Å². The van der Waals surface area contributed by atoms with E-state index < -0.39 is 5.97 Å². The van der Waals surface area contributed by atoms with E-state index in [0.717, 1.165) is 31.8 Å². The molecule has 0 heterocycles. The highest BCUT2D eigenvalue weighted by molar-refractivity contribution is 5.81. The molecule has 0 bridgehead atoms. The second-order valence-electron chi connectivity index (χ2n) is 5.01. The number of ether oxygens (including phenoxy) is 4. The van der Waals surface area contributed by atoms with Crippen LogP contribution in [0.4, 0.5) is 0 Å². The van der Waals surface area contributed by atoms with Gasteiger partial charge in [-0.3, -0.25) is 4.79 Å². The molecule has 6 nitrogen and oxygen atoms in total. The van der Waals surface area contributed by atoms with E-state index in [-0.39, 0.29) is 25.1 Å². The Balaban J connectivity index is 3.42. The molecule has 0 aliphatic carbocycles. The van der Waals surface area contributed by atoms with Crippen LogP contribution in [-0.4, -0.2) is 51.6 Å². The van der Waals surface area contributed by atoms with Crippen LogP contribution in [0.3, 0.4) is 0 Å². The van der Waals surface area contributed by atoms with Gasteiger partial charge in [0.15, 0.2) is 0 Å². The van der Waals surface area contributed by atoms with Crippen LogP contribution >= 0.6 is 0 Å². The minimum atomic E-state index is -0.462. The fourth-order valence-electron chi connectivity index (χ4n) is 1.84. The lowest BCUT2D eigenvalue weighted by molar-refractivity contribution is -0.150. The van der Waals surface area contributed by atoms with Crippen molar-refractivity contribution in [3.63, 3.8) is 0 Å². The SMILES string of the molecule is C=CC(=O)OCCOCCOCCOC(=O)C(CC)CCCC. The minimum Gasteiger partial charge on any atom is -0.463 e. The predicted molar refractivity (Wildman–Crippen MR) is 87.1 cm³/mol. The monoisotopic (exact) mass is 330 g/mol. The Morgan fingerprint density at radius 2 is 1.52 bits per heavy atom. The van der Waals surface area contributed by atoms with Crippen molar-refractivity contribution in [3.05, 3.63) is 12.7 Å². The summed E-state index contributed by atoms with van der Waals surface area (Å²) < 4.78 is 20.5. The first-order chi connectivity index (χ1) is 11.2. The van der Waals surface area contributed by atoms with E-state index in [9.17, 15) is 9.59 Å². The molecular formula is C17H30O6. The number of carbonyl (C=O) groups excluding carboxylic acids is 2. The average Bonchev–Trinajstić information content (AvgIpc) is 2.56. The van der Waals surface area contributed by atoms with Gasteiger partial charge in [0, 0.05) is 6.08 Å². The molecule has 0 aromatic rings. The highest BCUT2D eigenvalue weighted by Gasteiger charge is 2.16. The van der Waals surface area contributed by atoms with E-state index in [0.29, 0.717) is 26.4 Å². The summed E-state index contributed by atoms with van der Waals surface area (Å²) >= 11 is 0. The summed E-state index contributed by atoms with van der Waals surface area (Å²) in [7, 11) is 0. The Bertz CT molecular complexity index is 329. The molecule has 6 heteroatoms. The molecule has 1 unspecified atom stereocenters. The summed E-state index contributed by atoms with van der Waals surface area (Å²) in [5, 5.41) is 0. The van der Waals surface area contributed by atoms with Crippen LogP contribution in [0, 0.1) is 5.92 Å². The maximum Gasteiger partial charge on any atom is 0.330 e. The van der Waals surface area contributed by atoms with Crippen molar-refractivity contribution in [1.29, 1.82) is 0 Å². The molecule has 0 rings (SSSR count). The van der Waals surface area contributed by atoms with E-state index in [1.807, 2.05) is 6.92 Å². The minimum absolute atomic E-state index is 0.00319. The Hall–Kier alpha value is -1.40. The molecule has 0 amide bonds. The normalized spacial score (nSPS) is 11.7. The summed E-state index contributed by atoms with van der Waals surface area (Å²) in [6.07, 6.45) is 4.93. The molecule has 134 valence electrons. The maximum absolute atomic E-state index is 11.8. The molecule has 0 aliphatic rings. The van der Waals surface area contributed by atoms with Crippen LogP contribution < -0.4 is 0 Å². The summed E-state index contributed by atoms with van der Waals surface area (Å²) in [6.45, 7) is 9.32. The standard InChI is InChI=1S/C17H30O6/c1-4-7-8-15(5-2)17(19)23-14-12-21-10-9-20-11-13-22-16(18)6-3/h6,15H,3-5,7-14H2,1-2H3. The van der Waals surface area contributed by atoms with Gasteiger partial charge in [0.05, 0.1) is 32.3 Å². The molecule has 0 aromatic heterocycles. The second kappa shape index (κ2) is 15.5. The van der Waals surface area contributed by atoms with Gasteiger partial charge in [-0.2, -0.15) is 0 Å². The lowest BCUT2D eigenvalue weighted by atomic mass is 10.00. The van der Waals surface area contributed by atoms with Gasteiger partial charge in [-0.15, -0.1) is 0 Å². The molecule has 0 N–H and O–H groups in total. The van der Waals surface area contributed by atoms with Crippen molar-refractivity contribution in [2.75, 3.05) is 39.6 Å². The fraction of sp³-hybridized carbons (Fsp3) is 0.765. The first-order valence-corrected chi connectivity index (χ1v) is 8.26. The van der Waals surface area contributed by atoms with Gasteiger partial charge in [0.2, 0.25) is 0 Å². The Morgan fingerprint density at radius 1 is 0.957 bits per heavy atom. The quantitative estimate of drug-likeness (QED) is 0.261. The number of hydrogen-bond acceptors (Lipinski definition) is 6. The van der Waals surface area contributed by atoms with Crippen molar-refractivity contribution in [3.8, 4) is 0 Å². The summed E-state index contributed by atoms with van der Waals surface area (Å²) in [6, 6.07) is 0. The molecule has 0 saturated heterocycles. The number of rotatable bonds is 15. The van der Waals surface area contributed by atoms with Gasteiger partial charge < -0.3 is 18.9 Å². The van der Waals surface area contributed by atoms with Gasteiger partial charge in [-0.25, -0.2) is 4.79 Å². The Morgan fingerprint density at radius 3 is 2.04 bits per heavy atom. The third kappa shape index (κ3) is 12.8. The van der Waals surface area contributed by atoms with Gasteiger partial charge in [-0.05, 0) is 12.8 Å². The van der Waals surface area contributed by atoms with Crippen LogP contribution in [-0.2, 0) is 28.5 Å². The van der Waals surface area contributed by atoms with Crippen molar-refractivity contribution < 1.29 is 28.5 Å². The number of hydrogen-bond donors (Lipinski definition) is 0. The Kier molecular flexibility index (Phi) is 14.6. The molecule has 0 fully saturated rings. The summed E-state index contributed by atoms with van der Waals surface area (Å²) in [4.78, 5) is 22.6. The van der Waals surface area contributed by atoms with Crippen LogP contribution in [0.15, 0.2) is 12.7 Å². The van der Waals surface area contributed by atoms with Crippen LogP contribution in [0.25, 0.3) is 0 Å². The van der Waals surface area contributed by atoms with Gasteiger partial charge in [-0.1, -0.05) is 33.3 Å². The second-order valence-corrected chi connectivity index (χ2v) is 5.01. The topological polar surface area (TPSA) is 71.1 Å². The lowest BCUT2D eigenvalue weighted by Gasteiger charge is -2.13. The van der Waals surface area contributed by atoms with Gasteiger partial charge >= 0.3 is 11.9 Å². The first-order valence-electron chi connectivity index (χ1n) is 8.26. The molecule has 0 spiro atoms. The molecule has 0 saturated carbocycles. The lowest BCUT2D eigenvalue weighted by Crippen LogP contribution is -2.20. The van der Waals surface area contributed by atoms with Crippen molar-refractivity contribution in [2.45, 2.75) is 39.5 Å². The maximum atomic E-state index is 11.8. The molecular weight excluding hydrogens is 300 g/mol. The van der Waals surface area contributed by atoms with Crippen molar-refractivity contribution in [2.24, 2.45) is 5.92 Å². The average molecular weight is 330 g/mol. The third-order valence-corrected chi connectivity index (χ3v) is 3.21. The zero-order valence-corrected chi connectivity index (χ0v) is 14.4. The number of esters is 2. The van der Waals surface area contributed by atoms with Crippen molar-refractivity contribution >= 4 is 11.9 Å². The van der Waals surface area contributed by atoms with E-state index in [2.05, 4.69) is 13.5 Å². The Labute approximate surface area is 139 Å². The third-order valence-electron chi connectivity index (χ3n) is 3.21. The summed E-state index contributed by atoms with van der Waals surface area (Å²) in [5.41, 5.74) is 0. The molecule has 1 atom stereocenters. The van der Waals surface area contributed by atoms with Gasteiger partial charge in [0.25, 0.3) is 0 Å². The largest absolute Gasteiger partial charge is 0.463 e. The predicted octanol–water partition coefficient (Wildman–Crippen LogP) is 2.51. The summed E-state index contributed by atoms with van der Waals surface area (Å²) in [5.74, 6) is -0.600. The van der Waals surface area contributed by atoms with Crippen LogP contribution in [0.5, 0.6) is 0 Å². The number of carbonyl (C=O) groups is 2. The molecule has 0 aliphatic heterocycles. The molecule has 0 aromatic carbocycles. The van der Waals surface area contributed by atoms with Crippen molar-refractivity contribution in [1.82, 2.24) is 0 Å². The highest BCUT2D eigenvalue weighted by atomic mass is 16.6. The zero-order chi connectivity index (χ0) is 17.3. The van der Waals surface area contributed by atoms with Crippen LogP contribution in [0.2, 0.25) is 0 Å². The zero-order valence-electron chi connectivity index (χ0n) is 14.4. The smallest absolute Gasteiger partial charge is 0.330 e. The fourth-order valence-corrected chi connectivity index (χ4v) is 1.84. The van der Waals surface area contributed by atoms with E-state index in [4.69, 9.17) is 18.9 Å². The highest BCUT2D eigenvalue weighted by Crippen LogP contribution is 2.14. The first kappa shape index (κ1) is 21.6.